The van der Waals surface area contributed by atoms with E-state index in [1.807, 2.05) is 36.4 Å². The van der Waals surface area contributed by atoms with Crippen LogP contribution < -0.4 is 0 Å². The molecule has 0 bridgehead atoms. The molecule has 0 aliphatic rings. The van der Waals surface area contributed by atoms with Crippen molar-refractivity contribution in [3.63, 3.8) is 0 Å². The van der Waals surface area contributed by atoms with Crippen molar-refractivity contribution in [1.29, 1.82) is 5.39 Å². The average Bonchev–Trinajstić information content (AvgIpc) is 2.35. The van der Waals surface area contributed by atoms with E-state index in [9.17, 15) is 0 Å². The summed E-state index contributed by atoms with van der Waals surface area (Å²) in [6.45, 7) is 0. The molecule has 0 fully saturated rings. The molecular weight excluding hydrogens is 212 g/mol. The molecule has 0 saturated carbocycles. The predicted octanol–water partition coefficient (Wildman–Crippen LogP) is 3.63. The predicted molar refractivity (Wildman–Crippen MR) is 67.5 cm³/mol. The van der Waals surface area contributed by atoms with Gasteiger partial charge in [0.25, 0.3) is 0 Å². The number of hydrogen-bond acceptors (Lipinski definition) is 2. The fraction of sp³-hybridized carbons (Fsp3) is 0.143. The number of aliphatic hydroxyl groups excluding tert-OH is 1. The minimum Gasteiger partial charge on any atom is -0.505 e. The SMILES string of the molecule is N#[N+]/C=C(\O)CC/C=C/C#Cc1ccccc1. The molecule has 0 amide bonds. The fourth-order valence-corrected chi connectivity index (χ4v) is 1.15. The summed E-state index contributed by atoms with van der Waals surface area (Å²) >= 11 is 0. The molecule has 1 aromatic carbocycles. The Morgan fingerprint density at radius 3 is 2.82 bits per heavy atom. The molecule has 0 saturated heterocycles. The van der Waals surface area contributed by atoms with Crippen molar-refractivity contribution in [2.24, 2.45) is 0 Å². The molecule has 0 spiro atoms. The maximum Gasteiger partial charge on any atom is 0.387 e. The lowest BCUT2D eigenvalue weighted by Gasteiger charge is -1.87. The lowest BCUT2D eigenvalue weighted by atomic mass is 10.2. The van der Waals surface area contributed by atoms with Crippen LogP contribution >= 0.6 is 0 Å². The smallest absolute Gasteiger partial charge is 0.387 e. The lowest BCUT2D eigenvalue weighted by Crippen LogP contribution is -1.77. The van der Waals surface area contributed by atoms with E-state index in [-0.39, 0.29) is 5.76 Å². The third-order valence-electron chi connectivity index (χ3n) is 1.97. The van der Waals surface area contributed by atoms with E-state index in [0.717, 1.165) is 11.8 Å². The third-order valence-corrected chi connectivity index (χ3v) is 1.97. The molecule has 3 nitrogen and oxygen atoms in total. The van der Waals surface area contributed by atoms with Crippen LogP contribution in [0.3, 0.4) is 0 Å². The summed E-state index contributed by atoms with van der Waals surface area (Å²) in [5.74, 6) is 5.94. The van der Waals surface area contributed by atoms with E-state index in [4.69, 9.17) is 10.5 Å². The number of benzene rings is 1. The quantitative estimate of drug-likeness (QED) is 0.485. The van der Waals surface area contributed by atoms with E-state index in [1.165, 1.54) is 0 Å². The highest BCUT2D eigenvalue weighted by Gasteiger charge is 1.96. The van der Waals surface area contributed by atoms with Gasteiger partial charge in [-0.15, -0.1) is 0 Å². The Hall–Kier alpha value is -2.52. The highest BCUT2D eigenvalue weighted by Crippen LogP contribution is 2.01. The van der Waals surface area contributed by atoms with Gasteiger partial charge in [0, 0.05) is 12.0 Å². The Balaban J connectivity index is 2.35. The van der Waals surface area contributed by atoms with Crippen molar-refractivity contribution in [3.8, 4) is 11.8 Å². The van der Waals surface area contributed by atoms with Gasteiger partial charge in [-0.1, -0.05) is 36.1 Å². The van der Waals surface area contributed by atoms with Crippen LogP contribution in [0.25, 0.3) is 4.98 Å². The van der Waals surface area contributed by atoms with Crippen LogP contribution in [-0.4, -0.2) is 5.11 Å². The van der Waals surface area contributed by atoms with Crippen molar-refractivity contribution in [2.75, 3.05) is 0 Å². The largest absolute Gasteiger partial charge is 0.505 e. The molecule has 0 aromatic heterocycles. The molecule has 0 radical (unpaired) electrons. The molecule has 0 aliphatic heterocycles. The highest BCUT2D eigenvalue weighted by atomic mass is 16.3. The molecule has 0 aliphatic carbocycles. The summed E-state index contributed by atoms with van der Waals surface area (Å²) in [5.41, 5.74) is 0.971. The second kappa shape index (κ2) is 7.73. The molecule has 17 heavy (non-hydrogen) atoms. The van der Waals surface area contributed by atoms with Crippen molar-refractivity contribution in [1.82, 2.24) is 0 Å². The molecular formula is C14H13N2O+. The first-order valence-corrected chi connectivity index (χ1v) is 5.26. The Morgan fingerprint density at radius 2 is 2.12 bits per heavy atom. The minimum atomic E-state index is 0.0492. The van der Waals surface area contributed by atoms with Gasteiger partial charge in [-0.3, -0.25) is 0 Å². The van der Waals surface area contributed by atoms with Gasteiger partial charge < -0.3 is 5.11 Å². The van der Waals surface area contributed by atoms with Gasteiger partial charge in [0.05, 0.1) is 0 Å². The van der Waals surface area contributed by atoms with Crippen molar-refractivity contribution >= 4 is 0 Å². The number of diazo groups is 1. The zero-order valence-electron chi connectivity index (χ0n) is 9.37. The number of allylic oxidation sites excluding steroid dienone is 3. The normalized spacial score (nSPS) is 10.6. The van der Waals surface area contributed by atoms with Crippen molar-refractivity contribution in [3.05, 3.63) is 65.0 Å². The third kappa shape index (κ3) is 5.81. The topological polar surface area (TPSA) is 48.4 Å². The van der Waals surface area contributed by atoms with Crippen molar-refractivity contribution < 1.29 is 5.11 Å². The van der Waals surface area contributed by atoms with E-state index in [2.05, 4.69) is 16.8 Å². The number of hydrogen-bond donors (Lipinski definition) is 1. The summed E-state index contributed by atoms with van der Waals surface area (Å²) in [6, 6.07) is 9.71. The van der Waals surface area contributed by atoms with Gasteiger partial charge in [0.1, 0.15) is 0 Å². The maximum atomic E-state index is 9.12. The van der Waals surface area contributed by atoms with Crippen LogP contribution in [0.4, 0.5) is 0 Å². The number of aliphatic hydroxyl groups is 1. The summed E-state index contributed by atoms with van der Waals surface area (Å²) in [5, 5.41) is 17.3. The highest BCUT2D eigenvalue weighted by molar-refractivity contribution is 5.36. The Bertz CT molecular complexity index is 499. The molecule has 1 aromatic rings. The van der Waals surface area contributed by atoms with Crippen LogP contribution in [-0.2, 0) is 0 Å². The van der Waals surface area contributed by atoms with Gasteiger partial charge in [-0.2, -0.15) is 0 Å². The summed E-state index contributed by atoms with van der Waals surface area (Å²) < 4.78 is 0. The molecule has 1 N–H and O–H groups in total. The number of rotatable bonds is 3. The summed E-state index contributed by atoms with van der Waals surface area (Å²) in [6.07, 6.45) is 5.71. The zero-order chi connectivity index (χ0) is 12.3. The van der Waals surface area contributed by atoms with Gasteiger partial charge in [0.15, 0.2) is 10.7 Å². The second-order valence-electron chi connectivity index (χ2n) is 3.31. The lowest BCUT2D eigenvalue weighted by molar-refractivity contribution is 0.389. The van der Waals surface area contributed by atoms with E-state index in [1.54, 1.807) is 6.08 Å². The monoisotopic (exact) mass is 225 g/mol. The maximum absolute atomic E-state index is 9.12. The van der Waals surface area contributed by atoms with Crippen LogP contribution in [0.15, 0.2) is 54.4 Å². The molecule has 0 heterocycles. The first-order chi connectivity index (χ1) is 8.33. The van der Waals surface area contributed by atoms with Crippen LogP contribution in [0.5, 0.6) is 0 Å². The molecule has 84 valence electrons. The van der Waals surface area contributed by atoms with E-state index in [0.29, 0.717) is 12.8 Å². The molecule has 1 rings (SSSR count). The van der Waals surface area contributed by atoms with Crippen LogP contribution in [0, 0.1) is 17.2 Å². The van der Waals surface area contributed by atoms with Crippen LogP contribution in [0.1, 0.15) is 18.4 Å². The standard InChI is InChI=1S/C14H12N2O/c15-16-12-14(17)11-7-2-1-4-8-13-9-5-3-6-10-13/h1-3,5-6,9-10,12H,7,11H2/p+1/b2-1+,14-12-. The van der Waals surface area contributed by atoms with Crippen molar-refractivity contribution in [2.45, 2.75) is 12.8 Å². The molecule has 0 atom stereocenters. The molecule has 3 heteroatoms. The zero-order valence-corrected chi connectivity index (χ0v) is 9.37. The second-order valence-corrected chi connectivity index (χ2v) is 3.31. The fourth-order valence-electron chi connectivity index (χ4n) is 1.15. The van der Waals surface area contributed by atoms with Crippen LogP contribution in [0.2, 0.25) is 0 Å². The first-order valence-electron chi connectivity index (χ1n) is 5.26. The van der Waals surface area contributed by atoms with Gasteiger partial charge in [-0.05, 0) is 24.6 Å². The van der Waals surface area contributed by atoms with Gasteiger partial charge >= 0.3 is 6.20 Å². The minimum absolute atomic E-state index is 0.0492. The Morgan fingerprint density at radius 1 is 1.35 bits per heavy atom. The first kappa shape index (κ1) is 12.5. The van der Waals surface area contributed by atoms with Gasteiger partial charge in [0.2, 0.25) is 5.39 Å². The Labute approximate surface area is 101 Å². The Kier molecular flexibility index (Phi) is 5.71. The van der Waals surface area contributed by atoms with E-state index >= 15 is 0 Å². The van der Waals surface area contributed by atoms with Gasteiger partial charge in [-0.25, -0.2) is 0 Å². The number of nitrogens with zero attached hydrogens (tertiary/aromatic N) is 2. The summed E-state index contributed by atoms with van der Waals surface area (Å²) in [4.78, 5) is 2.73. The molecule has 0 unspecified atom stereocenters. The summed E-state index contributed by atoms with van der Waals surface area (Å²) in [7, 11) is 0. The van der Waals surface area contributed by atoms with E-state index < -0.39 is 0 Å². The average molecular weight is 225 g/mol.